The number of rotatable bonds is 3. The van der Waals surface area contributed by atoms with Gasteiger partial charge in [-0.1, -0.05) is 11.6 Å². The van der Waals surface area contributed by atoms with Gasteiger partial charge in [-0.15, -0.1) is 11.6 Å². The summed E-state index contributed by atoms with van der Waals surface area (Å²) in [6, 6.07) is 2.27. The third kappa shape index (κ3) is 2.16. The molecule has 0 bridgehead atoms. The molecule has 0 spiro atoms. The van der Waals surface area contributed by atoms with Crippen LogP contribution in [0.3, 0.4) is 0 Å². The number of hydrogen-bond acceptors (Lipinski definition) is 2. The van der Waals surface area contributed by atoms with Gasteiger partial charge >= 0.3 is 0 Å². The van der Waals surface area contributed by atoms with Gasteiger partial charge in [0.25, 0.3) is 0 Å². The predicted octanol–water partition coefficient (Wildman–Crippen LogP) is 2.91. The van der Waals surface area contributed by atoms with E-state index in [0.717, 1.165) is 6.07 Å². The lowest BCUT2D eigenvalue weighted by atomic mass is 10.1. The number of carbonyl (C=O) groups excluding carboxylic acids is 1. The van der Waals surface area contributed by atoms with E-state index >= 15 is 0 Å². The summed E-state index contributed by atoms with van der Waals surface area (Å²) < 4.78 is 17.8. The van der Waals surface area contributed by atoms with E-state index in [1.165, 1.54) is 13.2 Å². The van der Waals surface area contributed by atoms with Crippen molar-refractivity contribution in [1.82, 2.24) is 0 Å². The maximum absolute atomic E-state index is 13.0. The van der Waals surface area contributed by atoms with Crippen LogP contribution < -0.4 is 4.74 Å². The van der Waals surface area contributed by atoms with Gasteiger partial charge in [0.15, 0.2) is 5.78 Å². The van der Waals surface area contributed by atoms with E-state index in [9.17, 15) is 9.18 Å². The lowest BCUT2D eigenvalue weighted by Crippen LogP contribution is -2.04. The van der Waals surface area contributed by atoms with Crippen molar-refractivity contribution < 1.29 is 13.9 Å². The molecule has 0 aliphatic heterocycles. The Kier molecular flexibility index (Phi) is 3.72. The fraction of sp³-hybridized carbons (Fsp3) is 0.222. The van der Waals surface area contributed by atoms with Gasteiger partial charge in [-0.2, -0.15) is 0 Å². The number of carbonyl (C=O) groups is 1. The van der Waals surface area contributed by atoms with Crippen molar-refractivity contribution >= 4 is 29.0 Å². The Morgan fingerprint density at radius 3 is 2.71 bits per heavy atom. The van der Waals surface area contributed by atoms with Crippen LogP contribution in [0.5, 0.6) is 5.75 Å². The number of methoxy groups -OCH3 is 1. The Morgan fingerprint density at radius 2 is 2.21 bits per heavy atom. The van der Waals surface area contributed by atoms with E-state index in [1.54, 1.807) is 0 Å². The van der Waals surface area contributed by atoms with E-state index in [4.69, 9.17) is 27.9 Å². The summed E-state index contributed by atoms with van der Waals surface area (Å²) in [5.74, 6) is -1.05. The standard InChI is InChI=1S/C9H7Cl2FO2/c1-14-9-3-7(12)6(11)2-5(9)8(13)4-10/h2-3H,4H2,1H3. The third-order valence-corrected chi connectivity index (χ3v) is 2.20. The highest BCUT2D eigenvalue weighted by Crippen LogP contribution is 2.26. The van der Waals surface area contributed by atoms with Crippen molar-refractivity contribution in [3.63, 3.8) is 0 Å². The second-order valence-corrected chi connectivity index (χ2v) is 3.20. The molecule has 0 aliphatic carbocycles. The quantitative estimate of drug-likeness (QED) is 0.596. The highest BCUT2D eigenvalue weighted by molar-refractivity contribution is 6.33. The van der Waals surface area contributed by atoms with Gasteiger partial charge in [0.2, 0.25) is 0 Å². The molecule has 1 rings (SSSR count). The Balaban J connectivity index is 3.27. The van der Waals surface area contributed by atoms with Crippen molar-refractivity contribution in [1.29, 1.82) is 0 Å². The average molecular weight is 237 g/mol. The predicted molar refractivity (Wildman–Crippen MR) is 53.0 cm³/mol. The summed E-state index contributed by atoms with van der Waals surface area (Å²) in [5, 5.41) is -0.126. The number of ether oxygens (including phenoxy) is 1. The molecule has 0 aromatic heterocycles. The lowest BCUT2D eigenvalue weighted by Gasteiger charge is -2.07. The summed E-state index contributed by atoms with van der Waals surface area (Å²) in [4.78, 5) is 11.3. The van der Waals surface area contributed by atoms with Crippen LogP contribution in [0.1, 0.15) is 10.4 Å². The smallest absolute Gasteiger partial charge is 0.181 e. The zero-order chi connectivity index (χ0) is 10.7. The van der Waals surface area contributed by atoms with Crippen LogP contribution >= 0.6 is 23.2 Å². The number of benzene rings is 1. The lowest BCUT2D eigenvalue weighted by molar-refractivity contribution is 0.101. The van der Waals surface area contributed by atoms with Gasteiger partial charge < -0.3 is 4.74 Å². The minimum Gasteiger partial charge on any atom is -0.496 e. The van der Waals surface area contributed by atoms with E-state index in [1.807, 2.05) is 0 Å². The first kappa shape index (κ1) is 11.3. The zero-order valence-electron chi connectivity index (χ0n) is 7.31. The summed E-state index contributed by atoms with van der Waals surface area (Å²) in [5.41, 5.74) is 0.189. The number of halogens is 3. The number of hydrogen-bond donors (Lipinski definition) is 0. The van der Waals surface area contributed by atoms with Crippen LogP contribution in [0.4, 0.5) is 4.39 Å². The minimum absolute atomic E-state index is 0.126. The van der Waals surface area contributed by atoms with Crippen LogP contribution in [-0.2, 0) is 0 Å². The third-order valence-electron chi connectivity index (χ3n) is 1.66. The fourth-order valence-corrected chi connectivity index (χ4v) is 1.29. The molecule has 2 nitrogen and oxygen atoms in total. The normalized spacial score (nSPS) is 10.0. The maximum atomic E-state index is 13.0. The topological polar surface area (TPSA) is 26.3 Å². The van der Waals surface area contributed by atoms with E-state index < -0.39 is 5.82 Å². The molecule has 0 saturated carbocycles. The molecule has 0 radical (unpaired) electrons. The molecule has 0 fully saturated rings. The second kappa shape index (κ2) is 4.62. The highest BCUT2D eigenvalue weighted by Gasteiger charge is 2.14. The van der Waals surface area contributed by atoms with E-state index in [-0.39, 0.29) is 28.0 Å². The molecule has 0 aliphatic rings. The molecule has 0 unspecified atom stereocenters. The summed E-state index contributed by atoms with van der Waals surface area (Å²) in [6.45, 7) is 0. The van der Waals surface area contributed by atoms with Gasteiger partial charge in [0.1, 0.15) is 11.6 Å². The molecule has 0 heterocycles. The molecule has 1 aromatic carbocycles. The van der Waals surface area contributed by atoms with Crippen LogP contribution in [0, 0.1) is 5.82 Å². The van der Waals surface area contributed by atoms with Gasteiger partial charge in [-0.3, -0.25) is 4.79 Å². The second-order valence-electron chi connectivity index (χ2n) is 2.52. The number of ketones is 1. The summed E-state index contributed by atoms with van der Waals surface area (Å²) in [7, 11) is 1.34. The minimum atomic E-state index is -0.630. The largest absolute Gasteiger partial charge is 0.496 e. The van der Waals surface area contributed by atoms with Gasteiger partial charge in [0, 0.05) is 6.07 Å². The Labute approximate surface area is 90.6 Å². The SMILES string of the molecule is COc1cc(F)c(Cl)cc1C(=O)CCl. The van der Waals surface area contributed by atoms with Crippen LogP contribution in [-0.4, -0.2) is 18.8 Å². The molecule has 1 aromatic rings. The Morgan fingerprint density at radius 1 is 1.57 bits per heavy atom. The molecule has 0 N–H and O–H groups in total. The molecule has 14 heavy (non-hydrogen) atoms. The van der Waals surface area contributed by atoms with E-state index in [2.05, 4.69) is 0 Å². The molecule has 0 atom stereocenters. The summed E-state index contributed by atoms with van der Waals surface area (Å²) in [6.07, 6.45) is 0. The van der Waals surface area contributed by atoms with E-state index in [0.29, 0.717) is 0 Å². The molecule has 0 amide bonds. The number of alkyl halides is 1. The van der Waals surface area contributed by atoms with Gasteiger partial charge in [-0.25, -0.2) is 4.39 Å². The van der Waals surface area contributed by atoms with Crippen molar-refractivity contribution in [3.8, 4) is 5.75 Å². The molecular weight excluding hydrogens is 230 g/mol. The molecule has 0 saturated heterocycles. The Hall–Kier alpha value is -0.800. The van der Waals surface area contributed by atoms with Crippen LogP contribution in [0.2, 0.25) is 5.02 Å². The molecular formula is C9H7Cl2FO2. The van der Waals surface area contributed by atoms with Gasteiger partial charge in [0.05, 0.1) is 23.6 Å². The zero-order valence-corrected chi connectivity index (χ0v) is 8.82. The van der Waals surface area contributed by atoms with Crippen LogP contribution in [0.15, 0.2) is 12.1 Å². The fourth-order valence-electron chi connectivity index (χ4n) is 0.987. The summed E-state index contributed by atoms with van der Waals surface area (Å²) >= 11 is 10.9. The molecule has 5 heteroatoms. The van der Waals surface area contributed by atoms with Crippen molar-refractivity contribution in [3.05, 3.63) is 28.5 Å². The first-order chi connectivity index (χ1) is 6.60. The monoisotopic (exact) mass is 236 g/mol. The van der Waals surface area contributed by atoms with Crippen molar-refractivity contribution in [2.45, 2.75) is 0 Å². The average Bonchev–Trinajstić information content (AvgIpc) is 2.20. The molecule has 76 valence electrons. The first-order valence-electron chi connectivity index (χ1n) is 3.72. The highest BCUT2D eigenvalue weighted by atomic mass is 35.5. The van der Waals surface area contributed by atoms with Crippen LogP contribution in [0.25, 0.3) is 0 Å². The van der Waals surface area contributed by atoms with Crippen molar-refractivity contribution in [2.24, 2.45) is 0 Å². The maximum Gasteiger partial charge on any atom is 0.181 e. The van der Waals surface area contributed by atoms with Gasteiger partial charge in [-0.05, 0) is 6.07 Å². The Bertz CT molecular complexity index is 366. The number of Topliss-reactive ketones (excluding diaryl/α,β-unsaturated/α-hetero) is 1. The first-order valence-corrected chi connectivity index (χ1v) is 4.63. The van der Waals surface area contributed by atoms with Crippen molar-refractivity contribution in [2.75, 3.05) is 13.0 Å².